The fraction of sp³-hybridized carbons (Fsp3) is 0.294. The molecule has 2 aromatic carbocycles. The van der Waals surface area contributed by atoms with Gasteiger partial charge in [0.05, 0.1) is 0 Å². The molecule has 18 heavy (non-hydrogen) atoms. The third-order valence-electron chi connectivity index (χ3n) is 3.95. The molecule has 92 valence electrons. The van der Waals surface area contributed by atoms with Gasteiger partial charge in [-0.1, -0.05) is 54.0 Å². The van der Waals surface area contributed by atoms with Gasteiger partial charge in [-0.2, -0.15) is 0 Å². The number of hydrogen-bond acceptors (Lipinski definition) is 0. The Bertz CT molecular complexity index is 611. The lowest BCUT2D eigenvalue weighted by atomic mass is 9.92. The van der Waals surface area contributed by atoms with Crippen molar-refractivity contribution in [3.63, 3.8) is 0 Å². The Morgan fingerprint density at radius 3 is 2.44 bits per heavy atom. The number of hydrogen-bond donors (Lipinski definition) is 0. The van der Waals surface area contributed by atoms with Crippen LogP contribution >= 0.6 is 15.9 Å². The van der Waals surface area contributed by atoms with Gasteiger partial charge >= 0.3 is 0 Å². The van der Waals surface area contributed by atoms with Gasteiger partial charge in [0.2, 0.25) is 0 Å². The van der Waals surface area contributed by atoms with Crippen LogP contribution in [-0.4, -0.2) is 0 Å². The Hall–Kier alpha value is -1.08. The maximum Gasteiger partial charge on any atom is 0.0213 e. The minimum atomic E-state index is 1.08. The van der Waals surface area contributed by atoms with Crippen LogP contribution in [0.15, 0.2) is 34.8 Å². The van der Waals surface area contributed by atoms with E-state index in [1.165, 1.54) is 37.9 Å². The van der Waals surface area contributed by atoms with Crippen molar-refractivity contribution in [3.05, 3.63) is 57.1 Å². The van der Waals surface area contributed by atoms with Gasteiger partial charge in [0, 0.05) is 4.47 Å². The summed E-state index contributed by atoms with van der Waals surface area (Å²) in [6, 6.07) is 11.2. The summed E-state index contributed by atoms with van der Waals surface area (Å²) < 4.78 is 1.29. The van der Waals surface area contributed by atoms with Crippen LogP contribution < -0.4 is 0 Å². The van der Waals surface area contributed by atoms with Gasteiger partial charge in [0.25, 0.3) is 0 Å². The highest BCUT2D eigenvalue weighted by atomic mass is 79.9. The van der Waals surface area contributed by atoms with Crippen LogP contribution in [0.25, 0.3) is 11.1 Å². The second-order valence-corrected chi connectivity index (χ2v) is 5.74. The molecule has 0 N–H and O–H groups in total. The number of rotatable bonds is 2. The van der Waals surface area contributed by atoms with Crippen molar-refractivity contribution in [1.29, 1.82) is 0 Å². The fourth-order valence-corrected chi connectivity index (χ4v) is 3.97. The highest BCUT2D eigenvalue weighted by molar-refractivity contribution is 9.10. The maximum atomic E-state index is 3.75. The second-order valence-electron chi connectivity index (χ2n) is 4.89. The zero-order valence-corrected chi connectivity index (χ0v) is 12.5. The summed E-state index contributed by atoms with van der Waals surface area (Å²) in [5, 5.41) is 0. The molecular weight excluding hydrogens is 284 g/mol. The van der Waals surface area contributed by atoms with Crippen LogP contribution in [0.1, 0.15) is 36.1 Å². The molecule has 0 nitrogen and oxygen atoms in total. The molecule has 0 amide bonds. The van der Waals surface area contributed by atoms with E-state index < -0.39 is 0 Å². The molecule has 0 unspecified atom stereocenters. The molecule has 0 spiro atoms. The predicted molar refractivity (Wildman–Crippen MR) is 81.1 cm³/mol. The average molecular weight is 301 g/mol. The lowest BCUT2D eigenvalue weighted by molar-refractivity contribution is 1.03. The lowest BCUT2D eigenvalue weighted by Crippen LogP contribution is -1.97. The molecule has 0 aromatic heterocycles. The van der Waals surface area contributed by atoms with Crippen LogP contribution in [0.4, 0.5) is 0 Å². The Morgan fingerprint density at radius 2 is 1.72 bits per heavy atom. The van der Waals surface area contributed by atoms with Crippen LogP contribution in [0.3, 0.4) is 0 Å². The molecule has 1 aliphatic rings. The monoisotopic (exact) mass is 300 g/mol. The Balaban J connectivity index is 2.33. The Kier molecular flexibility index (Phi) is 3.03. The molecule has 0 bridgehead atoms. The molecule has 1 heteroatoms. The van der Waals surface area contributed by atoms with Gasteiger partial charge in [-0.05, 0) is 58.7 Å². The van der Waals surface area contributed by atoms with E-state index in [-0.39, 0.29) is 0 Å². The van der Waals surface area contributed by atoms with Crippen molar-refractivity contribution in [3.8, 4) is 11.1 Å². The third kappa shape index (κ3) is 1.65. The number of benzene rings is 2. The minimum Gasteiger partial charge on any atom is -0.0619 e. The van der Waals surface area contributed by atoms with E-state index in [9.17, 15) is 0 Å². The SMILES string of the molecule is CCc1c(Br)cc2c(c1CC)-c1ccccc1C2. The summed E-state index contributed by atoms with van der Waals surface area (Å²) in [6.07, 6.45) is 3.29. The summed E-state index contributed by atoms with van der Waals surface area (Å²) in [6.45, 7) is 4.51. The van der Waals surface area contributed by atoms with Gasteiger partial charge < -0.3 is 0 Å². The highest BCUT2D eigenvalue weighted by Crippen LogP contribution is 2.42. The first-order valence-electron chi connectivity index (χ1n) is 6.67. The number of halogens is 1. The van der Waals surface area contributed by atoms with Gasteiger partial charge in [-0.15, -0.1) is 0 Å². The largest absolute Gasteiger partial charge is 0.0619 e. The van der Waals surface area contributed by atoms with E-state index in [2.05, 4.69) is 60.1 Å². The minimum absolute atomic E-state index is 1.08. The van der Waals surface area contributed by atoms with Crippen molar-refractivity contribution in [1.82, 2.24) is 0 Å². The third-order valence-corrected chi connectivity index (χ3v) is 4.66. The molecule has 2 aromatic rings. The molecule has 0 saturated carbocycles. The van der Waals surface area contributed by atoms with Crippen molar-refractivity contribution in [2.24, 2.45) is 0 Å². The smallest absolute Gasteiger partial charge is 0.0213 e. The van der Waals surface area contributed by atoms with Crippen molar-refractivity contribution in [2.45, 2.75) is 33.1 Å². The van der Waals surface area contributed by atoms with Crippen molar-refractivity contribution in [2.75, 3.05) is 0 Å². The maximum absolute atomic E-state index is 3.75. The van der Waals surface area contributed by atoms with E-state index >= 15 is 0 Å². The summed E-state index contributed by atoms with van der Waals surface area (Å²) in [4.78, 5) is 0. The molecular formula is C17H17Br. The predicted octanol–water partition coefficient (Wildman–Crippen LogP) is 5.15. The molecule has 0 atom stereocenters. The Labute approximate surface area is 117 Å². The average Bonchev–Trinajstić information content (AvgIpc) is 2.74. The first kappa shape index (κ1) is 12.0. The van der Waals surface area contributed by atoms with Gasteiger partial charge in [-0.25, -0.2) is 0 Å². The molecule has 3 rings (SSSR count). The first-order valence-corrected chi connectivity index (χ1v) is 7.47. The lowest BCUT2D eigenvalue weighted by Gasteiger charge is -2.15. The first-order chi connectivity index (χ1) is 8.76. The van der Waals surface area contributed by atoms with Gasteiger partial charge in [-0.3, -0.25) is 0 Å². The molecule has 0 aliphatic heterocycles. The van der Waals surface area contributed by atoms with Crippen LogP contribution in [0.5, 0.6) is 0 Å². The fourth-order valence-electron chi connectivity index (χ4n) is 3.17. The molecule has 0 fully saturated rings. The van der Waals surface area contributed by atoms with Crippen molar-refractivity contribution < 1.29 is 0 Å². The highest BCUT2D eigenvalue weighted by Gasteiger charge is 2.23. The quantitative estimate of drug-likeness (QED) is 0.614. The molecule has 0 heterocycles. The normalized spacial score (nSPS) is 12.4. The van der Waals surface area contributed by atoms with Gasteiger partial charge in [0.15, 0.2) is 0 Å². The zero-order valence-electron chi connectivity index (χ0n) is 10.9. The topological polar surface area (TPSA) is 0 Å². The Morgan fingerprint density at radius 1 is 1.00 bits per heavy atom. The van der Waals surface area contributed by atoms with Crippen LogP contribution in [0, 0.1) is 0 Å². The van der Waals surface area contributed by atoms with Crippen molar-refractivity contribution >= 4 is 15.9 Å². The summed E-state index contributed by atoms with van der Waals surface area (Å²) >= 11 is 3.75. The molecule has 0 radical (unpaired) electrons. The number of fused-ring (bicyclic) bond motifs is 3. The van der Waals surface area contributed by atoms with Gasteiger partial charge in [0.1, 0.15) is 0 Å². The summed E-state index contributed by atoms with van der Waals surface area (Å²) in [5.41, 5.74) is 8.93. The van der Waals surface area contributed by atoms with E-state index in [1.807, 2.05) is 0 Å². The summed E-state index contributed by atoms with van der Waals surface area (Å²) in [7, 11) is 0. The van der Waals surface area contributed by atoms with E-state index in [0.717, 1.165) is 19.3 Å². The van der Waals surface area contributed by atoms with Crippen LogP contribution in [-0.2, 0) is 19.3 Å². The van der Waals surface area contributed by atoms with E-state index in [1.54, 1.807) is 0 Å². The zero-order chi connectivity index (χ0) is 12.7. The van der Waals surface area contributed by atoms with Crippen LogP contribution in [0.2, 0.25) is 0 Å². The molecule has 1 aliphatic carbocycles. The standard InChI is InChI=1S/C17H17Br/c1-3-13-14(4-2)17-12(10-16(13)18)9-11-7-5-6-8-15(11)17/h5-8,10H,3-4,9H2,1-2H3. The van der Waals surface area contributed by atoms with E-state index in [4.69, 9.17) is 0 Å². The summed E-state index contributed by atoms with van der Waals surface area (Å²) in [5.74, 6) is 0. The van der Waals surface area contributed by atoms with E-state index in [0.29, 0.717) is 0 Å². The second kappa shape index (κ2) is 4.55. The molecule has 0 saturated heterocycles.